The molecule has 4 N–H and O–H groups in total. The van der Waals surface area contributed by atoms with Crippen molar-refractivity contribution in [1.82, 2.24) is 10.3 Å². The number of anilines is 1. The van der Waals surface area contributed by atoms with Crippen LogP contribution >= 0.6 is 11.6 Å². The van der Waals surface area contributed by atoms with Gasteiger partial charge in [0.25, 0.3) is 5.56 Å². The smallest absolute Gasteiger partial charge is 0.260 e. The van der Waals surface area contributed by atoms with Crippen LogP contribution in [0.2, 0.25) is 5.02 Å². The van der Waals surface area contributed by atoms with E-state index in [1.807, 2.05) is 26.0 Å². The van der Waals surface area contributed by atoms with Crippen molar-refractivity contribution in [3.8, 4) is 16.9 Å². The number of fused-ring (bicyclic) bond motifs is 1. The summed E-state index contributed by atoms with van der Waals surface area (Å²) in [6, 6.07) is 10.0. The van der Waals surface area contributed by atoms with E-state index in [9.17, 15) is 4.79 Å². The van der Waals surface area contributed by atoms with Crippen LogP contribution < -0.4 is 21.3 Å². The Kier molecular flexibility index (Phi) is 6.02. The Hall–Kier alpha value is -2.50. The van der Waals surface area contributed by atoms with Gasteiger partial charge >= 0.3 is 0 Å². The number of H-pyrrole nitrogens is 1. The van der Waals surface area contributed by atoms with E-state index in [-0.39, 0.29) is 5.56 Å². The summed E-state index contributed by atoms with van der Waals surface area (Å²) in [4.78, 5) is 16.1. The van der Waals surface area contributed by atoms with E-state index >= 15 is 0 Å². The number of rotatable bonds is 5. The van der Waals surface area contributed by atoms with Crippen LogP contribution in [0.3, 0.4) is 0 Å². The van der Waals surface area contributed by atoms with Crippen LogP contribution in [0, 0.1) is 13.8 Å². The average Bonchev–Trinajstić information content (AvgIpc) is 2.69. The molecule has 1 aliphatic heterocycles. The Morgan fingerprint density at radius 1 is 1.13 bits per heavy atom. The Bertz CT molecular complexity index is 1110. The number of halogens is 1. The van der Waals surface area contributed by atoms with E-state index < -0.39 is 0 Å². The fourth-order valence-corrected chi connectivity index (χ4v) is 4.47. The molecule has 0 aliphatic carbocycles. The molecule has 1 unspecified atom stereocenters. The lowest BCUT2D eigenvalue weighted by Gasteiger charge is -2.24. The van der Waals surface area contributed by atoms with Gasteiger partial charge in [0.15, 0.2) is 0 Å². The number of nitrogens with two attached hydrogens (primary N) is 1. The van der Waals surface area contributed by atoms with Gasteiger partial charge in [-0.25, -0.2) is 0 Å². The van der Waals surface area contributed by atoms with Crippen LogP contribution in [0.5, 0.6) is 5.75 Å². The molecule has 6 heteroatoms. The minimum Gasteiger partial charge on any atom is -0.492 e. The van der Waals surface area contributed by atoms with Gasteiger partial charge in [0.05, 0.1) is 28.4 Å². The molecule has 0 spiro atoms. The molecule has 1 aliphatic rings. The largest absolute Gasteiger partial charge is 0.492 e. The second kappa shape index (κ2) is 8.70. The molecule has 1 atom stereocenters. The number of aryl methyl sites for hydroxylation is 2. The fourth-order valence-electron chi connectivity index (χ4n) is 4.31. The molecule has 1 aromatic heterocycles. The van der Waals surface area contributed by atoms with E-state index in [2.05, 4.69) is 16.4 Å². The summed E-state index contributed by atoms with van der Waals surface area (Å²) in [5.74, 6) is 0.568. The zero-order valence-corrected chi connectivity index (χ0v) is 18.2. The number of aromatic nitrogens is 1. The maximum Gasteiger partial charge on any atom is 0.260 e. The molecule has 0 saturated carbocycles. The van der Waals surface area contributed by atoms with E-state index in [0.29, 0.717) is 40.2 Å². The number of nitrogen functional groups attached to an aromatic ring is 1. The lowest BCUT2D eigenvalue weighted by atomic mass is 9.99. The van der Waals surface area contributed by atoms with Crippen molar-refractivity contribution in [2.45, 2.75) is 45.6 Å². The molecular weight excluding hydrogens is 398 g/mol. The summed E-state index contributed by atoms with van der Waals surface area (Å²) < 4.78 is 6.30. The molecule has 2 heterocycles. The van der Waals surface area contributed by atoms with E-state index in [1.165, 1.54) is 12.8 Å². The predicted octanol–water partition coefficient (Wildman–Crippen LogP) is 4.96. The predicted molar refractivity (Wildman–Crippen MR) is 125 cm³/mol. The van der Waals surface area contributed by atoms with Gasteiger partial charge in [-0.05, 0) is 57.4 Å². The average molecular weight is 426 g/mol. The summed E-state index contributed by atoms with van der Waals surface area (Å²) in [6.07, 6.45) is 4.52. The molecule has 158 valence electrons. The molecule has 30 heavy (non-hydrogen) atoms. The number of pyridine rings is 1. The Balaban J connectivity index is 1.80. The lowest BCUT2D eigenvalue weighted by Crippen LogP contribution is -2.35. The fraction of sp³-hybridized carbons (Fsp3) is 0.375. The SMILES string of the molecule is Cc1cc(C)cc(-c2c(OCCC3CCCCN3)c3cc(N)c(Cl)cc3[nH]c2=O)c1. The van der Waals surface area contributed by atoms with Gasteiger partial charge in [-0.1, -0.05) is 47.3 Å². The topological polar surface area (TPSA) is 80.1 Å². The standard InChI is InChI=1S/C24H28ClN3O2/c1-14-9-15(2)11-16(10-14)22-23(30-8-6-17-5-3-4-7-27-17)18-12-20(26)19(25)13-21(18)28-24(22)29/h9-13,17,27H,3-8,26H2,1-2H3,(H,28,29). The van der Waals surface area contributed by atoms with E-state index in [0.717, 1.165) is 41.5 Å². The van der Waals surface area contributed by atoms with Gasteiger partial charge in [0, 0.05) is 11.4 Å². The van der Waals surface area contributed by atoms with Crippen LogP contribution in [-0.2, 0) is 0 Å². The second-order valence-electron chi connectivity index (χ2n) is 8.24. The lowest BCUT2D eigenvalue weighted by molar-refractivity contribution is 0.271. The maximum absolute atomic E-state index is 13.1. The minimum absolute atomic E-state index is 0.195. The van der Waals surface area contributed by atoms with E-state index in [1.54, 1.807) is 12.1 Å². The first-order valence-corrected chi connectivity index (χ1v) is 10.9. The third-order valence-corrected chi connectivity index (χ3v) is 6.05. The number of hydrogen-bond acceptors (Lipinski definition) is 4. The highest BCUT2D eigenvalue weighted by molar-refractivity contribution is 6.34. The summed E-state index contributed by atoms with van der Waals surface area (Å²) in [5.41, 5.74) is 10.5. The molecule has 0 amide bonds. The Morgan fingerprint density at radius 2 is 1.90 bits per heavy atom. The van der Waals surface area contributed by atoms with Crippen molar-refractivity contribution < 1.29 is 4.74 Å². The number of ether oxygens (including phenoxy) is 1. The number of benzene rings is 2. The van der Waals surface area contributed by atoms with Gasteiger partial charge in [-0.2, -0.15) is 0 Å². The molecule has 0 radical (unpaired) electrons. The van der Waals surface area contributed by atoms with Gasteiger partial charge in [-0.3, -0.25) is 4.79 Å². The van der Waals surface area contributed by atoms with Crippen LogP contribution in [0.4, 0.5) is 5.69 Å². The first kappa shape index (κ1) is 20.8. The summed E-state index contributed by atoms with van der Waals surface area (Å²) in [5, 5.41) is 4.72. The summed E-state index contributed by atoms with van der Waals surface area (Å²) in [7, 11) is 0. The molecule has 4 rings (SSSR count). The third kappa shape index (κ3) is 4.32. The van der Waals surface area contributed by atoms with Crippen molar-refractivity contribution in [3.05, 3.63) is 56.8 Å². The molecule has 3 aromatic rings. The summed E-state index contributed by atoms with van der Waals surface area (Å²) >= 11 is 6.20. The quantitative estimate of drug-likeness (QED) is 0.505. The van der Waals surface area contributed by atoms with Gasteiger partial charge in [-0.15, -0.1) is 0 Å². The van der Waals surface area contributed by atoms with Crippen molar-refractivity contribution >= 4 is 28.2 Å². The van der Waals surface area contributed by atoms with Crippen LogP contribution in [0.15, 0.2) is 35.1 Å². The zero-order valence-electron chi connectivity index (χ0n) is 17.5. The number of aromatic amines is 1. The Labute approximate surface area is 181 Å². The first-order chi connectivity index (χ1) is 14.4. The van der Waals surface area contributed by atoms with Crippen LogP contribution in [0.25, 0.3) is 22.0 Å². The molecule has 2 aromatic carbocycles. The van der Waals surface area contributed by atoms with Crippen LogP contribution in [-0.4, -0.2) is 24.2 Å². The highest BCUT2D eigenvalue weighted by atomic mass is 35.5. The number of nitrogens with one attached hydrogen (secondary N) is 2. The second-order valence-corrected chi connectivity index (χ2v) is 8.65. The third-order valence-electron chi connectivity index (χ3n) is 5.72. The normalized spacial score (nSPS) is 16.7. The highest BCUT2D eigenvalue weighted by Gasteiger charge is 2.19. The highest BCUT2D eigenvalue weighted by Crippen LogP contribution is 2.37. The first-order valence-electron chi connectivity index (χ1n) is 10.5. The van der Waals surface area contributed by atoms with Gasteiger partial charge in [0.2, 0.25) is 0 Å². The molecule has 5 nitrogen and oxygen atoms in total. The molecule has 0 bridgehead atoms. The molecule has 1 saturated heterocycles. The number of piperidine rings is 1. The minimum atomic E-state index is -0.195. The van der Waals surface area contributed by atoms with Crippen molar-refractivity contribution in [2.75, 3.05) is 18.9 Å². The van der Waals surface area contributed by atoms with E-state index in [4.69, 9.17) is 22.1 Å². The van der Waals surface area contributed by atoms with Crippen molar-refractivity contribution in [3.63, 3.8) is 0 Å². The zero-order chi connectivity index (χ0) is 21.3. The van der Waals surface area contributed by atoms with Crippen molar-refractivity contribution in [2.24, 2.45) is 0 Å². The van der Waals surface area contributed by atoms with Crippen molar-refractivity contribution in [1.29, 1.82) is 0 Å². The van der Waals surface area contributed by atoms with Gasteiger partial charge in [0.1, 0.15) is 5.75 Å². The molecule has 1 fully saturated rings. The Morgan fingerprint density at radius 3 is 2.60 bits per heavy atom. The monoisotopic (exact) mass is 425 g/mol. The van der Waals surface area contributed by atoms with Gasteiger partial charge < -0.3 is 20.8 Å². The summed E-state index contributed by atoms with van der Waals surface area (Å²) in [6.45, 7) is 5.63. The number of hydrogen-bond donors (Lipinski definition) is 3. The molecular formula is C24H28ClN3O2. The van der Waals surface area contributed by atoms with Crippen LogP contribution in [0.1, 0.15) is 36.8 Å². The maximum atomic E-state index is 13.1.